The van der Waals surface area contributed by atoms with E-state index in [0.717, 1.165) is 45.4 Å². The Kier molecular flexibility index (Phi) is 34.3. The second kappa shape index (κ2) is 34.9. The summed E-state index contributed by atoms with van der Waals surface area (Å²) in [6, 6.07) is 0. The number of carbonyl (C=O) groups is 5. The number of unbranched alkanes of at least 4 members (excludes halogenated alkanes) is 6. The first-order valence-corrected chi connectivity index (χ1v) is 17.5. The highest BCUT2D eigenvalue weighted by Gasteiger charge is 2.14. The van der Waals surface area contributed by atoms with Crippen LogP contribution in [0.3, 0.4) is 0 Å². The SMILES string of the molecule is CC(=O)N(O)CCCCCNC(=O)CCC(=O)N(O)CCCCCNC(=O)CCC(=O)N(O)CCCCCN.NCCNCCNCCN. The Morgan fingerprint density at radius 1 is 0.469 bits per heavy atom. The fourth-order valence-electron chi connectivity index (χ4n) is 4.08. The van der Waals surface area contributed by atoms with Gasteiger partial charge in [-0.05, 0) is 57.9 Å². The first-order chi connectivity index (χ1) is 23.5. The van der Waals surface area contributed by atoms with Gasteiger partial charge in [0.2, 0.25) is 29.5 Å². The van der Waals surface area contributed by atoms with Gasteiger partial charge in [0, 0.05) is 105 Å². The van der Waals surface area contributed by atoms with Gasteiger partial charge in [-0.2, -0.15) is 0 Å². The zero-order chi connectivity index (χ0) is 37.1. The van der Waals surface area contributed by atoms with E-state index in [1.54, 1.807) is 0 Å². The van der Waals surface area contributed by atoms with Crippen LogP contribution in [0.15, 0.2) is 0 Å². The van der Waals surface area contributed by atoms with Gasteiger partial charge in [-0.3, -0.25) is 39.6 Å². The highest BCUT2D eigenvalue weighted by Crippen LogP contribution is 2.03. The van der Waals surface area contributed by atoms with Crippen molar-refractivity contribution < 1.29 is 39.6 Å². The summed E-state index contributed by atoms with van der Waals surface area (Å²) >= 11 is 0. The van der Waals surface area contributed by atoms with Crippen molar-refractivity contribution in [2.75, 3.05) is 78.5 Å². The summed E-state index contributed by atoms with van der Waals surface area (Å²) in [6.45, 7) is 8.35. The third kappa shape index (κ3) is 33.3. The van der Waals surface area contributed by atoms with Crippen LogP contribution in [0.2, 0.25) is 0 Å². The third-order valence-corrected chi connectivity index (χ3v) is 7.00. The van der Waals surface area contributed by atoms with Crippen molar-refractivity contribution in [3.63, 3.8) is 0 Å². The summed E-state index contributed by atoms with van der Waals surface area (Å²) in [6.07, 6.45) is 5.84. The maximum absolute atomic E-state index is 12.0. The molecule has 13 N–H and O–H groups in total. The lowest BCUT2D eigenvalue weighted by Gasteiger charge is -2.15. The number of hydrogen-bond acceptors (Lipinski definition) is 13. The van der Waals surface area contributed by atoms with Crippen LogP contribution in [-0.4, -0.2) is 139 Å². The van der Waals surface area contributed by atoms with Gasteiger partial charge in [0.25, 0.3) is 0 Å². The third-order valence-electron chi connectivity index (χ3n) is 7.00. The van der Waals surface area contributed by atoms with Crippen LogP contribution >= 0.6 is 0 Å². The molecule has 18 heteroatoms. The number of nitrogens with one attached hydrogen (secondary N) is 4. The Morgan fingerprint density at radius 2 is 0.857 bits per heavy atom. The largest absolute Gasteiger partial charge is 0.356 e. The maximum Gasteiger partial charge on any atom is 0.246 e. The Labute approximate surface area is 291 Å². The summed E-state index contributed by atoms with van der Waals surface area (Å²) in [7, 11) is 0. The maximum atomic E-state index is 12.0. The molecular formula is C31H66N10O8. The molecule has 0 unspecified atom stereocenters. The van der Waals surface area contributed by atoms with Crippen molar-refractivity contribution in [2.24, 2.45) is 17.2 Å². The van der Waals surface area contributed by atoms with Crippen LogP contribution < -0.4 is 38.5 Å². The number of hydrogen-bond donors (Lipinski definition) is 10. The van der Waals surface area contributed by atoms with E-state index in [-0.39, 0.29) is 57.1 Å². The smallest absolute Gasteiger partial charge is 0.246 e. The minimum atomic E-state index is -0.548. The van der Waals surface area contributed by atoms with E-state index < -0.39 is 17.7 Å². The van der Waals surface area contributed by atoms with Gasteiger partial charge < -0.3 is 38.5 Å². The highest BCUT2D eigenvalue weighted by molar-refractivity contribution is 5.83. The quantitative estimate of drug-likeness (QED) is 0.0244. The molecular weight excluding hydrogens is 640 g/mol. The lowest BCUT2D eigenvalue weighted by atomic mass is 10.2. The zero-order valence-corrected chi connectivity index (χ0v) is 29.6. The Bertz CT molecular complexity index is 864. The van der Waals surface area contributed by atoms with E-state index in [1.165, 1.54) is 6.92 Å². The topological polar surface area (TPSA) is 282 Å². The molecule has 0 radical (unpaired) electrons. The lowest BCUT2D eigenvalue weighted by Crippen LogP contribution is -2.32. The average Bonchev–Trinajstić information content (AvgIpc) is 3.08. The van der Waals surface area contributed by atoms with Crippen molar-refractivity contribution in [3.8, 4) is 0 Å². The van der Waals surface area contributed by atoms with Crippen molar-refractivity contribution in [1.29, 1.82) is 0 Å². The molecule has 0 aromatic heterocycles. The van der Waals surface area contributed by atoms with Crippen LogP contribution in [0.1, 0.15) is 90.4 Å². The second-order valence-electron chi connectivity index (χ2n) is 11.4. The molecule has 0 aliphatic carbocycles. The normalized spacial score (nSPS) is 10.5. The Hall–Kier alpha value is -2.97. The molecule has 0 aliphatic heterocycles. The second-order valence-corrected chi connectivity index (χ2v) is 11.4. The molecule has 0 bridgehead atoms. The van der Waals surface area contributed by atoms with Gasteiger partial charge in [-0.15, -0.1) is 0 Å². The van der Waals surface area contributed by atoms with Gasteiger partial charge in [0.05, 0.1) is 0 Å². The molecule has 0 heterocycles. The molecule has 288 valence electrons. The standard InChI is InChI=1S/C25H48N6O8.C6H18N4/c1-21(32)29(37)18-9-3-6-16-27-22(33)12-14-25(36)31(39)20-10-4-7-17-28-23(34)11-13-24(35)30(38)19-8-2-5-15-26;7-1-3-9-5-6-10-4-2-8/h37-39H,2-20,26H2,1H3,(H,27,33)(H,28,34);9-10H,1-8H2. The molecule has 5 amide bonds. The highest BCUT2D eigenvalue weighted by atomic mass is 16.5. The van der Waals surface area contributed by atoms with Crippen molar-refractivity contribution in [2.45, 2.75) is 90.4 Å². The molecule has 0 spiro atoms. The fourth-order valence-corrected chi connectivity index (χ4v) is 4.08. The number of nitrogens with zero attached hydrogens (tertiary/aromatic N) is 3. The number of carbonyl (C=O) groups excluding carboxylic acids is 5. The predicted molar refractivity (Wildman–Crippen MR) is 185 cm³/mol. The van der Waals surface area contributed by atoms with Crippen molar-refractivity contribution in [1.82, 2.24) is 36.5 Å². The summed E-state index contributed by atoms with van der Waals surface area (Å²) in [5.41, 5.74) is 15.9. The Morgan fingerprint density at radius 3 is 1.22 bits per heavy atom. The first-order valence-electron chi connectivity index (χ1n) is 17.5. The molecule has 0 aliphatic rings. The number of hydroxylamine groups is 6. The van der Waals surface area contributed by atoms with Gasteiger partial charge in [0.1, 0.15) is 0 Å². The van der Waals surface area contributed by atoms with E-state index in [9.17, 15) is 39.6 Å². The van der Waals surface area contributed by atoms with Gasteiger partial charge in [-0.1, -0.05) is 6.42 Å². The fraction of sp³-hybridized carbons (Fsp3) is 0.839. The van der Waals surface area contributed by atoms with Crippen molar-refractivity contribution in [3.05, 3.63) is 0 Å². The summed E-state index contributed by atoms with van der Waals surface area (Å²) in [4.78, 5) is 58.4. The molecule has 49 heavy (non-hydrogen) atoms. The number of rotatable bonds is 30. The van der Waals surface area contributed by atoms with E-state index in [1.807, 2.05) is 0 Å². The lowest BCUT2D eigenvalue weighted by molar-refractivity contribution is -0.166. The monoisotopic (exact) mass is 707 g/mol. The van der Waals surface area contributed by atoms with Crippen LogP contribution in [-0.2, 0) is 24.0 Å². The van der Waals surface area contributed by atoms with E-state index in [0.29, 0.717) is 86.4 Å². The number of nitrogens with two attached hydrogens (primary N) is 3. The molecule has 0 saturated heterocycles. The van der Waals surface area contributed by atoms with Crippen LogP contribution in [0.25, 0.3) is 0 Å². The van der Waals surface area contributed by atoms with Gasteiger partial charge >= 0.3 is 0 Å². The zero-order valence-electron chi connectivity index (χ0n) is 29.6. The molecule has 0 aromatic rings. The van der Waals surface area contributed by atoms with Crippen LogP contribution in [0.4, 0.5) is 0 Å². The van der Waals surface area contributed by atoms with Crippen molar-refractivity contribution >= 4 is 29.5 Å². The van der Waals surface area contributed by atoms with Crippen LogP contribution in [0, 0.1) is 0 Å². The number of amides is 5. The molecule has 0 aromatic carbocycles. The van der Waals surface area contributed by atoms with E-state index >= 15 is 0 Å². The predicted octanol–water partition coefficient (Wildman–Crippen LogP) is -0.995. The van der Waals surface area contributed by atoms with E-state index in [2.05, 4.69) is 21.3 Å². The summed E-state index contributed by atoms with van der Waals surface area (Å²) in [5, 5.41) is 42.4. The Balaban J connectivity index is 0. The molecule has 0 saturated carbocycles. The minimum absolute atomic E-state index is 0.0191. The van der Waals surface area contributed by atoms with Crippen LogP contribution in [0.5, 0.6) is 0 Å². The van der Waals surface area contributed by atoms with Gasteiger partial charge in [0.15, 0.2) is 0 Å². The molecule has 0 atom stereocenters. The molecule has 18 nitrogen and oxygen atoms in total. The average molecular weight is 707 g/mol. The summed E-state index contributed by atoms with van der Waals surface area (Å²) in [5.74, 6) is -2.05. The first kappa shape index (κ1) is 48.1. The molecule has 0 rings (SSSR count). The minimum Gasteiger partial charge on any atom is -0.356 e. The summed E-state index contributed by atoms with van der Waals surface area (Å²) < 4.78 is 0. The van der Waals surface area contributed by atoms with E-state index in [4.69, 9.17) is 17.2 Å². The molecule has 0 fully saturated rings. The van der Waals surface area contributed by atoms with Gasteiger partial charge in [-0.25, -0.2) is 15.2 Å².